The lowest BCUT2D eigenvalue weighted by molar-refractivity contribution is -0.139. The molecule has 2 amide bonds. The number of carbonyl (C=O) groups is 2. The van der Waals surface area contributed by atoms with Gasteiger partial charge in [0, 0.05) is 44.2 Å². The second kappa shape index (κ2) is 10.7. The summed E-state index contributed by atoms with van der Waals surface area (Å²) in [6, 6.07) is 15.7. The van der Waals surface area contributed by atoms with E-state index in [1.807, 2.05) is 40.1 Å². The maximum absolute atomic E-state index is 12.7. The Morgan fingerprint density at radius 2 is 1.53 bits per heavy atom. The second-order valence-electron chi connectivity index (χ2n) is 7.46. The van der Waals surface area contributed by atoms with Gasteiger partial charge in [-0.25, -0.2) is 0 Å². The third-order valence-corrected chi connectivity index (χ3v) is 5.52. The van der Waals surface area contributed by atoms with Gasteiger partial charge in [-0.1, -0.05) is 36.4 Å². The molecule has 1 saturated heterocycles. The van der Waals surface area contributed by atoms with Crippen LogP contribution < -0.4 is 9.47 Å². The van der Waals surface area contributed by atoms with Gasteiger partial charge in [0.05, 0.1) is 20.6 Å². The highest BCUT2D eigenvalue weighted by molar-refractivity contribution is 5.80. The maximum Gasteiger partial charge on any atom is 0.227 e. The first-order valence-electron chi connectivity index (χ1n) is 10.4. The van der Waals surface area contributed by atoms with Crippen LogP contribution in [-0.2, 0) is 22.4 Å². The molecule has 30 heavy (non-hydrogen) atoms. The van der Waals surface area contributed by atoms with E-state index in [9.17, 15) is 9.59 Å². The zero-order valence-corrected chi connectivity index (χ0v) is 17.8. The van der Waals surface area contributed by atoms with Crippen LogP contribution in [0.5, 0.6) is 11.5 Å². The Morgan fingerprint density at radius 1 is 0.867 bits per heavy atom. The summed E-state index contributed by atoms with van der Waals surface area (Å²) in [5.41, 5.74) is 2.09. The zero-order chi connectivity index (χ0) is 21.3. The van der Waals surface area contributed by atoms with Crippen molar-refractivity contribution in [1.29, 1.82) is 0 Å². The number of carbonyl (C=O) groups excluding carboxylic acids is 2. The molecule has 0 aromatic heterocycles. The van der Waals surface area contributed by atoms with Crippen LogP contribution in [0.4, 0.5) is 0 Å². The summed E-state index contributed by atoms with van der Waals surface area (Å²) in [7, 11) is 3.19. The fourth-order valence-electron chi connectivity index (χ4n) is 3.72. The van der Waals surface area contributed by atoms with Crippen molar-refractivity contribution in [3.8, 4) is 11.5 Å². The van der Waals surface area contributed by atoms with E-state index in [1.165, 1.54) is 5.56 Å². The normalized spacial score (nSPS) is 13.8. The van der Waals surface area contributed by atoms with Crippen LogP contribution in [0.25, 0.3) is 0 Å². The standard InChI is InChI=1S/C24H30N2O4/c1-29-21-12-11-20(22(18-21)30-2)17-24(28)26-15-13-25(14-16-26)23(27)10-6-9-19-7-4-3-5-8-19/h3-5,7-8,11-12,18H,6,9-10,13-17H2,1-2H3. The molecule has 1 fully saturated rings. The van der Waals surface area contributed by atoms with Gasteiger partial charge in [0.2, 0.25) is 11.8 Å². The molecule has 0 atom stereocenters. The number of benzene rings is 2. The second-order valence-corrected chi connectivity index (χ2v) is 7.46. The van der Waals surface area contributed by atoms with Gasteiger partial charge in [-0.05, 0) is 24.5 Å². The van der Waals surface area contributed by atoms with Crippen molar-refractivity contribution in [3.05, 3.63) is 59.7 Å². The highest BCUT2D eigenvalue weighted by atomic mass is 16.5. The number of aryl methyl sites for hydroxylation is 1. The van der Waals surface area contributed by atoms with E-state index >= 15 is 0 Å². The highest BCUT2D eigenvalue weighted by Gasteiger charge is 2.24. The smallest absolute Gasteiger partial charge is 0.227 e. The molecule has 1 aliphatic rings. The van der Waals surface area contributed by atoms with E-state index in [-0.39, 0.29) is 18.2 Å². The molecule has 2 aromatic carbocycles. The van der Waals surface area contributed by atoms with Crippen molar-refractivity contribution in [2.24, 2.45) is 0 Å². The Bertz CT molecular complexity index is 846. The van der Waals surface area contributed by atoms with Crippen LogP contribution in [0, 0.1) is 0 Å². The Kier molecular flexibility index (Phi) is 7.71. The van der Waals surface area contributed by atoms with Gasteiger partial charge in [-0.15, -0.1) is 0 Å². The average Bonchev–Trinajstić information content (AvgIpc) is 2.80. The Hall–Kier alpha value is -3.02. The maximum atomic E-state index is 12.7. The minimum Gasteiger partial charge on any atom is -0.497 e. The van der Waals surface area contributed by atoms with Crippen LogP contribution in [0.2, 0.25) is 0 Å². The molecule has 3 rings (SSSR count). The molecule has 0 spiro atoms. The van der Waals surface area contributed by atoms with E-state index in [0.717, 1.165) is 18.4 Å². The van der Waals surface area contributed by atoms with E-state index in [2.05, 4.69) is 12.1 Å². The van der Waals surface area contributed by atoms with E-state index in [0.29, 0.717) is 44.1 Å². The Labute approximate surface area is 178 Å². The van der Waals surface area contributed by atoms with E-state index < -0.39 is 0 Å². The van der Waals surface area contributed by atoms with Crippen molar-refractivity contribution in [1.82, 2.24) is 9.80 Å². The third-order valence-electron chi connectivity index (χ3n) is 5.52. The molecule has 160 valence electrons. The molecule has 0 bridgehead atoms. The van der Waals surface area contributed by atoms with Crippen LogP contribution in [0.1, 0.15) is 24.0 Å². The largest absolute Gasteiger partial charge is 0.497 e. The van der Waals surface area contributed by atoms with Gasteiger partial charge in [0.25, 0.3) is 0 Å². The lowest BCUT2D eigenvalue weighted by Gasteiger charge is -2.35. The summed E-state index contributed by atoms with van der Waals surface area (Å²) in [5.74, 6) is 1.57. The van der Waals surface area contributed by atoms with Crippen LogP contribution in [0.15, 0.2) is 48.5 Å². The predicted molar refractivity (Wildman–Crippen MR) is 116 cm³/mol. The molecule has 1 heterocycles. The van der Waals surface area contributed by atoms with Gasteiger partial charge in [0.15, 0.2) is 0 Å². The molecule has 6 nitrogen and oxygen atoms in total. The SMILES string of the molecule is COc1ccc(CC(=O)N2CCN(C(=O)CCCc3ccccc3)CC2)c(OC)c1. The number of methoxy groups -OCH3 is 2. The summed E-state index contributed by atoms with van der Waals surface area (Å²) < 4.78 is 10.6. The molecule has 0 radical (unpaired) electrons. The van der Waals surface area contributed by atoms with Crippen molar-refractivity contribution in [3.63, 3.8) is 0 Å². The van der Waals surface area contributed by atoms with Crippen LogP contribution in [0.3, 0.4) is 0 Å². The van der Waals surface area contributed by atoms with Gasteiger partial charge >= 0.3 is 0 Å². The first kappa shape index (κ1) is 21.7. The molecule has 2 aromatic rings. The number of hydrogen-bond acceptors (Lipinski definition) is 4. The fraction of sp³-hybridized carbons (Fsp3) is 0.417. The van der Waals surface area contributed by atoms with Crippen LogP contribution >= 0.6 is 0 Å². The highest BCUT2D eigenvalue weighted by Crippen LogP contribution is 2.25. The van der Waals surface area contributed by atoms with Gasteiger partial charge in [-0.3, -0.25) is 9.59 Å². The van der Waals surface area contributed by atoms with Crippen LogP contribution in [-0.4, -0.2) is 62.0 Å². The molecule has 0 aliphatic carbocycles. The van der Waals surface area contributed by atoms with Crippen molar-refractivity contribution in [2.45, 2.75) is 25.7 Å². The lowest BCUT2D eigenvalue weighted by atomic mass is 10.1. The van der Waals surface area contributed by atoms with Gasteiger partial charge in [0.1, 0.15) is 11.5 Å². The van der Waals surface area contributed by atoms with Gasteiger partial charge in [-0.2, -0.15) is 0 Å². The van der Waals surface area contributed by atoms with E-state index in [4.69, 9.17) is 9.47 Å². The summed E-state index contributed by atoms with van der Waals surface area (Å²) in [6.45, 7) is 2.33. The lowest BCUT2D eigenvalue weighted by Crippen LogP contribution is -2.51. The molecule has 0 unspecified atom stereocenters. The monoisotopic (exact) mass is 410 g/mol. The number of rotatable bonds is 8. The summed E-state index contributed by atoms with van der Waals surface area (Å²) in [5, 5.41) is 0. The Balaban J connectivity index is 1.44. The minimum absolute atomic E-state index is 0.0506. The molecular formula is C24H30N2O4. The quantitative estimate of drug-likeness (QED) is 0.671. The first-order chi connectivity index (χ1) is 14.6. The molecule has 0 saturated carbocycles. The van der Waals surface area contributed by atoms with Crippen molar-refractivity contribution < 1.29 is 19.1 Å². The molecular weight excluding hydrogens is 380 g/mol. The summed E-state index contributed by atoms with van der Waals surface area (Å²) in [6.07, 6.45) is 2.58. The summed E-state index contributed by atoms with van der Waals surface area (Å²) >= 11 is 0. The molecule has 0 N–H and O–H groups in total. The van der Waals surface area contributed by atoms with Gasteiger partial charge < -0.3 is 19.3 Å². The van der Waals surface area contributed by atoms with E-state index in [1.54, 1.807) is 20.3 Å². The summed E-state index contributed by atoms with van der Waals surface area (Å²) in [4.78, 5) is 28.9. The first-order valence-corrected chi connectivity index (χ1v) is 10.4. The topological polar surface area (TPSA) is 59.1 Å². The number of piperazine rings is 1. The average molecular weight is 411 g/mol. The van der Waals surface area contributed by atoms with Crippen molar-refractivity contribution >= 4 is 11.8 Å². The third kappa shape index (κ3) is 5.75. The minimum atomic E-state index is 0.0506. The number of hydrogen-bond donors (Lipinski definition) is 0. The number of nitrogens with zero attached hydrogens (tertiary/aromatic N) is 2. The predicted octanol–water partition coefficient (Wildman–Crippen LogP) is 2.94. The number of ether oxygens (including phenoxy) is 2. The zero-order valence-electron chi connectivity index (χ0n) is 17.8. The fourth-order valence-corrected chi connectivity index (χ4v) is 3.72. The Morgan fingerprint density at radius 3 is 2.17 bits per heavy atom. The molecule has 6 heteroatoms. The number of amides is 2. The molecule has 1 aliphatic heterocycles. The van der Waals surface area contributed by atoms with Crippen molar-refractivity contribution in [2.75, 3.05) is 40.4 Å².